The lowest BCUT2D eigenvalue weighted by molar-refractivity contribution is -0.0365. The van der Waals surface area contributed by atoms with Crippen LogP contribution in [0.15, 0.2) is 18.3 Å². The predicted molar refractivity (Wildman–Crippen MR) is 73.3 cm³/mol. The Hall–Kier alpha value is -1.73. The molecule has 0 aromatic carbocycles. The van der Waals surface area contributed by atoms with Gasteiger partial charge in [0.05, 0.1) is 24.0 Å². The molecule has 1 aromatic rings. The van der Waals surface area contributed by atoms with E-state index in [1.807, 2.05) is 0 Å². The zero-order chi connectivity index (χ0) is 14.9. The quantitative estimate of drug-likeness (QED) is 0.767. The number of ether oxygens (including phenoxy) is 1. The van der Waals surface area contributed by atoms with E-state index in [1.54, 1.807) is 11.0 Å². The van der Waals surface area contributed by atoms with Crippen LogP contribution in [-0.2, 0) is 4.74 Å². The summed E-state index contributed by atoms with van der Waals surface area (Å²) >= 11 is 0. The maximum atomic E-state index is 13.4. The van der Waals surface area contributed by atoms with E-state index in [0.717, 1.165) is 0 Å². The molecule has 1 atom stereocenters. The summed E-state index contributed by atoms with van der Waals surface area (Å²) in [5, 5.41) is 12.1. The monoisotopic (exact) mass is 295 g/mol. The van der Waals surface area contributed by atoms with Gasteiger partial charge in [-0.25, -0.2) is 9.78 Å². The molecular formula is C14H18FN3O3. The van der Waals surface area contributed by atoms with Crippen molar-refractivity contribution in [3.63, 3.8) is 0 Å². The summed E-state index contributed by atoms with van der Waals surface area (Å²) in [7, 11) is 0. The molecule has 1 unspecified atom stereocenters. The summed E-state index contributed by atoms with van der Waals surface area (Å²) < 4.78 is 19.1. The minimum atomic E-state index is -0.693. The number of anilines is 1. The van der Waals surface area contributed by atoms with Gasteiger partial charge >= 0.3 is 6.03 Å². The Bertz CT molecular complexity index is 532. The number of likely N-dealkylation sites (tertiary alicyclic amines) is 1. The van der Waals surface area contributed by atoms with Gasteiger partial charge in [-0.15, -0.1) is 0 Å². The van der Waals surface area contributed by atoms with E-state index < -0.39 is 12.1 Å². The van der Waals surface area contributed by atoms with Crippen LogP contribution in [0.5, 0.6) is 0 Å². The number of nitrogens with zero attached hydrogens (tertiary/aromatic N) is 2. The van der Waals surface area contributed by atoms with Crippen molar-refractivity contribution in [3.8, 4) is 0 Å². The number of rotatable bonds is 1. The van der Waals surface area contributed by atoms with E-state index in [9.17, 15) is 14.3 Å². The lowest BCUT2D eigenvalue weighted by Gasteiger charge is -2.38. The molecule has 2 amide bonds. The number of aliphatic hydroxyl groups excluding tert-OH is 1. The van der Waals surface area contributed by atoms with E-state index >= 15 is 0 Å². The molecule has 1 spiro atoms. The van der Waals surface area contributed by atoms with Crippen LogP contribution in [0.3, 0.4) is 0 Å². The molecule has 7 heteroatoms. The lowest BCUT2D eigenvalue weighted by Crippen LogP contribution is -2.48. The maximum absolute atomic E-state index is 13.4. The first-order valence-electron chi connectivity index (χ1n) is 7.06. The summed E-state index contributed by atoms with van der Waals surface area (Å²) in [6.45, 7) is 1.42. The van der Waals surface area contributed by atoms with Crippen LogP contribution in [0.2, 0.25) is 0 Å². The van der Waals surface area contributed by atoms with Crippen LogP contribution in [0.4, 0.5) is 14.9 Å². The fraction of sp³-hybridized carbons (Fsp3) is 0.571. The minimum absolute atomic E-state index is 0.0790. The van der Waals surface area contributed by atoms with Gasteiger partial charge in [-0.1, -0.05) is 0 Å². The topological polar surface area (TPSA) is 74.7 Å². The average molecular weight is 295 g/mol. The number of amides is 2. The zero-order valence-corrected chi connectivity index (χ0v) is 11.6. The van der Waals surface area contributed by atoms with Crippen LogP contribution in [0.1, 0.15) is 19.3 Å². The Morgan fingerprint density at radius 2 is 2.29 bits per heavy atom. The maximum Gasteiger partial charge on any atom is 0.321 e. The van der Waals surface area contributed by atoms with Gasteiger partial charge in [-0.3, -0.25) is 0 Å². The summed E-state index contributed by atoms with van der Waals surface area (Å²) in [5.74, 6) is -0.693. The molecule has 0 radical (unpaired) electrons. The minimum Gasteiger partial charge on any atom is -0.391 e. The summed E-state index contributed by atoms with van der Waals surface area (Å²) in [4.78, 5) is 17.2. The van der Waals surface area contributed by atoms with Crippen molar-refractivity contribution in [2.24, 2.45) is 0 Å². The van der Waals surface area contributed by atoms with E-state index in [-0.39, 0.29) is 17.3 Å². The van der Waals surface area contributed by atoms with E-state index in [1.165, 1.54) is 12.3 Å². The fourth-order valence-electron chi connectivity index (χ4n) is 2.96. The highest BCUT2D eigenvalue weighted by atomic mass is 19.1. The third-order valence-corrected chi connectivity index (χ3v) is 4.15. The molecule has 6 nitrogen and oxygen atoms in total. The largest absolute Gasteiger partial charge is 0.391 e. The number of hydrogen-bond donors (Lipinski definition) is 2. The van der Waals surface area contributed by atoms with Gasteiger partial charge in [0, 0.05) is 25.7 Å². The number of nitrogens with one attached hydrogen (secondary N) is 1. The number of halogens is 1. The Kier molecular flexibility index (Phi) is 3.77. The van der Waals surface area contributed by atoms with Gasteiger partial charge in [-0.05, 0) is 25.0 Å². The summed E-state index contributed by atoms with van der Waals surface area (Å²) in [6, 6.07) is 2.70. The summed E-state index contributed by atoms with van der Waals surface area (Å²) in [6.07, 6.45) is 2.92. The van der Waals surface area contributed by atoms with Gasteiger partial charge in [0.2, 0.25) is 5.95 Å². The van der Waals surface area contributed by atoms with Crippen molar-refractivity contribution in [1.82, 2.24) is 9.88 Å². The molecule has 21 heavy (non-hydrogen) atoms. The Morgan fingerprint density at radius 1 is 1.52 bits per heavy atom. The molecule has 2 saturated heterocycles. The lowest BCUT2D eigenvalue weighted by atomic mass is 9.88. The molecule has 0 aliphatic carbocycles. The molecule has 2 fully saturated rings. The first-order chi connectivity index (χ1) is 10.1. The third kappa shape index (κ3) is 2.98. The first-order valence-corrected chi connectivity index (χ1v) is 7.06. The van der Waals surface area contributed by atoms with Crippen molar-refractivity contribution in [1.29, 1.82) is 0 Å². The zero-order valence-electron chi connectivity index (χ0n) is 11.6. The molecule has 2 N–H and O–H groups in total. The molecular weight excluding hydrogens is 277 g/mol. The average Bonchev–Trinajstić information content (AvgIpc) is 2.83. The van der Waals surface area contributed by atoms with Crippen molar-refractivity contribution >= 4 is 11.7 Å². The second kappa shape index (κ2) is 5.57. The van der Waals surface area contributed by atoms with Crippen LogP contribution in [-0.4, -0.2) is 52.4 Å². The van der Waals surface area contributed by atoms with E-state index in [0.29, 0.717) is 39.0 Å². The van der Waals surface area contributed by atoms with Gasteiger partial charge in [0.15, 0.2) is 0 Å². The number of carbonyl (C=O) groups excluding carboxylic acids is 1. The van der Waals surface area contributed by atoms with Gasteiger partial charge in [-0.2, -0.15) is 4.39 Å². The number of pyridine rings is 1. The van der Waals surface area contributed by atoms with Crippen LogP contribution < -0.4 is 5.32 Å². The Morgan fingerprint density at radius 3 is 2.90 bits per heavy atom. The van der Waals surface area contributed by atoms with Gasteiger partial charge in [0.1, 0.15) is 0 Å². The second-order valence-electron chi connectivity index (χ2n) is 5.61. The van der Waals surface area contributed by atoms with Crippen molar-refractivity contribution in [2.75, 3.05) is 25.0 Å². The van der Waals surface area contributed by atoms with Crippen LogP contribution >= 0.6 is 0 Å². The smallest absolute Gasteiger partial charge is 0.321 e. The van der Waals surface area contributed by atoms with E-state index in [2.05, 4.69) is 10.3 Å². The van der Waals surface area contributed by atoms with Gasteiger partial charge < -0.3 is 20.1 Å². The van der Waals surface area contributed by atoms with Crippen LogP contribution in [0, 0.1) is 5.95 Å². The SMILES string of the molecule is O=C(Nc1cccnc1F)N1CCC2(CC1)CC(O)CO2. The highest BCUT2D eigenvalue weighted by Crippen LogP contribution is 2.35. The molecule has 2 aliphatic heterocycles. The first kappa shape index (κ1) is 14.2. The Labute approximate surface area is 121 Å². The van der Waals surface area contributed by atoms with Crippen molar-refractivity contribution < 1.29 is 19.0 Å². The van der Waals surface area contributed by atoms with E-state index in [4.69, 9.17) is 4.74 Å². The normalized spacial score (nSPS) is 24.3. The standard InChI is InChI=1S/C14H18FN3O3/c15-12-11(2-1-5-16-12)17-13(20)18-6-3-14(4-7-18)8-10(19)9-21-14/h1-2,5,10,19H,3-4,6-9H2,(H,17,20). The molecule has 3 heterocycles. The second-order valence-corrected chi connectivity index (χ2v) is 5.61. The number of urea groups is 1. The number of carbonyl (C=O) groups is 1. The predicted octanol–water partition coefficient (Wildman–Crippen LogP) is 1.37. The van der Waals surface area contributed by atoms with Gasteiger partial charge in [0.25, 0.3) is 0 Å². The fourth-order valence-corrected chi connectivity index (χ4v) is 2.96. The summed E-state index contributed by atoms with van der Waals surface area (Å²) in [5.41, 5.74) is -0.217. The highest BCUT2D eigenvalue weighted by molar-refractivity contribution is 5.89. The highest BCUT2D eigenvalue weighted by Gasteiger charge is 2.42. The number of piperidine rings is 1. The molecule has 0 bridgehead atoms. The van der Waals surface area contributed by atoms with Crippen molar-refractivity contribution in [2.45, 2.75) is 31.0 Å². The Balaban J connectivity index is 1.57. The third-order valence-electron chi connectivity index (χ3n) is 4.15. The number of aliphatic hydroxyl groups is 1. The molecule has 1 aromatic heterocycles. The molecule has 3 rings (SSSR count). The molecule has 114 valence electrons. The number of hydrogen-bond acceptors (Lipinski definition) is 4. The molecule has 2 aliphatic rings. The van der Waals surface area contributed by atoms with Crippen LogP contribution in [0.25, 0.3) is 0 Å². The molecule has 0 saturated carbocycles. The van der Waals surface area contributed by atoms with Crippen molar-refractivity contribution in [3.05, 3.63) is 24.3 Å². The number of aromatic nitrogens is 1.